The summed E-state index contributed by atoms with van der Waals surface area (Å²) in [4.78, 5) is 0. The van der Waals surface area contributed by atoms with Crippen molar-refractivity contribution in [3.63, 3.8) is 0 Å². The van der Waals surface area contributed by atoms with Crippen LogP contribution < -0.4 is 14.2 Å². The molecule has 0 unspecified atom stereocenters. The molecular formula is C14H20O7. The monoisotopic (exact) mass is 300 g/mol. The van der Waals surface area contributed by atoms with E-state index in [1.807, 2.05) is 0 Å². The number of ether oxygens (including phenoxy) is 4. The van der Waals surface area contributed by atoms with Gasteiger partial charge in [0, 0.05) is 18.6 Å². The van der Waals surface area contributed by atoms with Gasteiger partial charge >= 0.3 is 0 Å². The van der Waals surface area contributed by atoms with E-state index in [9.17, 15) is 15.3 Å². The molecule has 0 saturated carbocycles. The van der Waals surface area contributed by atoms with E-state index in [-0.39, 0.29) is 23.7 Å². The van der Waals surface area contributed by atoms with Gasteiger partial charge in [0.05, 0.1) is 26.4 Å². The van der Waals surface area contributed by atoms with Crippen molar-refractivity contribution >= 4 is 0 Å². The van der Waals surface area contributed by atoms with Gasteiger partial charge < -0.3 is 34.3 Å². The minimum Gasteiger partial charge on any atom is -0.504 e. The molecule has 0 aromatic heterocycles. The fraction of sp³-hybridized carbons (Fsp3) is 0.571. The molecule has 1 aliphatic rings. The molecule has 118 valence electrons. The lowest BCUT2D eigenvalue weighted by Crippen LogP contribution is -2.48. The van der Waals surface area contributed by atoms with Crippen LogP contribution in [-0.2, 0) is 4.74 Å². The van der Waals surface area contributed by atoms with Gasteiger partial charge in [0.15, 0.2) is 11.5 Å². The van der Waals surface area contributed by atoms with Crippen LogP contribution in [-0.4, -0.2) is 54.1 Å². The van der Waals surface area contributed by atoms with Crippen LogP contribution in [0, 0.1) is 0 Å². The average molecular weight is 300 g/mol. The molecule has 2 rings (SSSR count). The molecule has 0 spiro atoms. The van der Waals surface area contributed by atoms with Gasteiger partial charge in [0.1, 0.15) is 11.9 Å². The molecular weight excluding hydrogens is 280 g/mol. The third kappa shape index (κ3) is 3.31. The maximum absolute atomic E-state index is 10.00. The zero-order valence-electron chi connectivity index (χ0n) is 12.1. The lowest BCUT2D eigenvalue weighted by atomic mass is 10.0. The number of benzene rings is 1. The highest BCUT2D eigenvalue weighted by molar-refractivity contribution is 5.55. The van der Waals surface area contributed by atoms with Crippen molar-refractivity contribution in [2.24, 2.45) is 0 Å². The van der Waals surface area contributed by atoms with E-state index in [0.717, 1.165) is 0 Å². The number of phenols is 1. The topological polar surface area (TPSA) is 97.6 Å². The van der Waals surface area contributed by atoms with E-state index in [0.29, 0.717) is 5.75 Å². The number of methoxy groups -OCH3 is 2. The zero-order valence-corrected chi connectivity index (χ0v) is 12.1. The molecule has 1 fully saturated rings. The van der Waals surface area contributed by atoms with E-state index < -0.39 is 24.6 Å². The number of hydrogen-bond acceptors (Lipinski definition) is 7. The Morgan fingerprint density at radius 1 is 1.19 bits per heavy atom. The smallest absolute Gasteiger partial charge is 0.206 e. The second-order valence-corrected chi connectivity index (χ2v) is 4.86. The minimum atomic E-state index is -0.962. The van der Waals surface area contributed by atoms with Crippen LogP contribution in [0.3, 0.4) is 0 Å². The van der Waals surface area contributed by atoms with E-state index in [1.54, 1.807) is 13.0 Å². The van der Waals surface area contributed by atoms with Crippen LogP contribution in [0.5, 0.6) is 23.0 Å². The molecule has 1 aliphatic heterocycles. The van der Waals surface area contributed by atoms with E-state index in [2.05, 4.69) is 0 Å². The van der Waals surface area contributed by atoms with Crippen molar-refractivity contribution in [1.29, 1.82) is 0 Å². The summed E-state index contributed by atoms with van der Waals surface area (Å²) in [5.41, 5.74) is 0. The molecule has 0 radical (unpaired) electrons. The molecule has 1 heterocycles. The Labute approximate surface area is 122 Å². The van der Waals surface area contributed by atoms with Gasteiger partial charge in [-0.15, -0.1) is 0 Å². The summed E-state index contributed by atoms with van der Waals surface area (Å²) in [6.45, 7) is 1.63. The van der Waals surface area contributed by atoms with Crippen LogP contribution in [0.15, 0.2) is 12.1 Å². The molecule has 21 heavy (non-hydrogen) atoms. The summed E-state index contributed by atoms with van der Waals surface area (Å²) in [7, 11) is 2.91. The van der Waals surface area contributed by atoms with Crippen molar-refractivity contribution in [2.75, 3.05) is 14.2 Å². The summed E-state index contributed by atoms with van der Waals surface area (Å²) < 4.78 is 21.2. The summed E-state index contributed by atoms with van der Waals surface area (Å²) in [6.07, 6.45) is -3.21. The van der Waals surface area contributed by atoms with Crippen LogP contribution in [0.2, 0.25) is 0 Å². The van der Waals surface area contributed by atoms with Gasteiger partial charge in [-0.3, -0.25) is 0 Å². The van der Waals surface area contributed by atoms with Crippen LogP contribution >= 0.6 is 0 Å². The molecule has 1 saturated heterocycles. The van der Waals surface area contributed by atoms with Gasteiger partial charge in [-0.25, -0.2) is 0 Å². The van der Waals surface area contributed by atoms with Crippen LogP contribution in [0.1, 0.15) is 13.3 Å². The molecule has 4 atom stereocenters. The van der Waals surface area contributed by atoms with Crippen LogP contribution in [0.25, 0.3) is 0 Å². The predicted molar refractivity (Wildman–Crippen MR) is 72.8 cm³/mol. The SMILES string of the molecule is COc1cc(O)c(O[C@H]2C[C@@H](O)[C@@H](O)[C@@H](C)O2)c(OC)c1. The highest BCUT2D eigenvalue weighted by Crippen LogP contribution is 2.41. The predicted octanol–water partition coefficient (Wildman–Crippen LogP) is 0.645. The lowest BCUT2D eigenvalue weighted by molar-refractivity contribution is -0.217. The van der Waals surface area contributed by atoms with Crippen molar-refractivity contribution in [1.82, 2.24) is 0 Å². The Balaban J connectivity index is 2.19. The molecule has 7 heteroatoms. The molecule has 1 aromatic carbocycles. The molecule has 0 aliphatic carbocycles. The average Bonchev–Trinajstić information content (AvgIpc) is 2.46. The second kappa shape index (κ2) is 6.38. The second-order valence-electron chi connectivity index (χ2n) is 4.86. The van der Waals surface area contributed by atoms with Gasteiger partial charge in [0.2, 0.25) is 12.0 Å². The summed E-state index contributed by atoms with van der Waals surface area (Å²) in [6, 6.07) is 2.95. The number of aromatic hydroxyl groups is 1. The minimum absolute atomic E-state index is 0.0835. The first kappa shape index (κ1) is 15.7. The zero-order chi connectivity index (χ0) is 15.6. The quantitative estimate of drug-likeness (QED) is 0.751. The van der Waals surface area contributed by atoms with Crippen LogP contribution in [0.4, 0.5) is 0 Å². The third-order valence-corrected chi connectivity index (χ3v) is 3.39. The van der Waals surface area contributed by atoms with Crippen molar-refractivity contribution in [2.45, 2.75) is 37.9 Å². The molecule has 0 bridgehead atoms. The Morgan fingerprint density at radius 2 is 1.90 bits per heavy atom. The third-order valence-electron chi connectivity index (χ3n) is 3.39. The van der Waals surface area contributed by atoms with E-state index in [1.165, 1.54) is 20.3 Å². The van der Waals surface area contributed by atoms with Gasteiger partial charge in [0.25, 0.3) is 0 Å². The number of hydrogen-bond donors (Lipinski definition) is 3. The Kier molecular flexibility index (Phi) is 4.76. The van der Waals surface area contributed by atoms with Crippen molar-refractivity contribution in [3.8, 4) is 23.0 Å². The van der Waals surface area contributed by atoms with Gasteiger partial charge in [-0.1, -0.05) is 0 Å². The largest absolute Gasteiger partial charge is 0.504 e. The molecule has 1 aromatic rings. The standard InChI is InChI=1S/C14H20O7/c1-7-13(17)9(15)6-12(20-7)21-14-10(16)4-8(18-2)5-11(14)19-3/h4-5,7,9,12-13,15-17H,6H2,1-3H3/t7-,9-,12+,13+/m1/s1. The first-order valence-corrected chi connectivity index (χ1v) is 6.59. The maximum Gasteiger partial charge on any atom is 0.206 e. The summed E-state index contributed by atoms with van der Waals surface area (Å²) >= 11 is 0. The highest BCUT2D eigenvalue weighted by atomic mass is 16.7. The van der Waals surface area contributed by atoms with Crippen molar-refractivity contribution < 1.29 is 34.3 Å². The molecule has 7 nitrogen and oxygen atoms in total. The molecule has 3 N–H and O–H groups in total. The fourth-order valence-electron chi connectivity index (χ4n) is 2.18. The number of aliphatic hydroxyl groups excluding tert-OH is 2. The Hall–Kier alpha value is -1.70. The number of rotatable bonds is 4. The highest BCUT2D eigenvalue weighted by Gasteiger charge is 2.36. The Morgan fingerprint density at radius 3 is 2.48 bits per heavy atom. The summed E-state index contributed by atoms with van der Waals surface area (Å²) in [5.74, 6) is 0.635. The molecule has 0 amide bonds. The fourth-order valence-corrected chi connectivity index (χ4v) is 2.18. The van der Waals surface area contributed by atoms with Gasteiger partial charge in [-0.2, -0.15) is 0 Å². The number of phenolic OH excluding ortho intramolecular Hbond substituents is 1. The van der Waals surface area contributed by atoms with Gasteiger partial charge in [-0.05, 0) is 6.92 Å². The first-order chi connectivity index (χ1) is 9.96. The normalized spacial score (nSPS) is 29.0. The Bertz CT molecular complexity index is 478. The van der Waals surface area contributed by atoms with E-state index >= 15 is 0 Å². The first-order valence-electron chi connectivity index (χ1n) is 6.59. The number of aliphatic hydroxyl groups is 2. The summed E-state index contributed by atoms with van der Waals surface area (Å²) in [5, 5.41) is 29.4. The van der Waals surface area contributed by atoms with Crippen molar-refractivity contribution in [3.05, 3.63) is 12.1 Å². The maximum atomic E-state index is 10.00. The van der Waals surface area contributed by atoms with E-state index in [4.69, 9.17) is 18.9 Å². The lowest BCUT2D eigenvalue weighted by Gasteiger charge is -2.35.